The van der Waals surface area contributed by atoms with E-state index in [0.29, 0.717) is 21.4 Å². The Morgan fingerprint density at radius 2 is 1.79 bits per heavy atom. The van der Waals surface area contributed by atoms with Gasteiger partial charge in [-0.1, -0.05) is 41.7 Å². The topological polar surface area (TPSA) is 80.3 Å². The Kier molecular flexibility index (Phi) is 5.28. The van der Waals surface area contributed by atoms with E-state index in [2.05, 4.69) is 15.6 Å². The van der Waals surface area contributed by atoms with Gasteiger partial charge in [-0.25, -0.2) is 4.98 Å². The second-order valence-corrected chi connectivity index (χ2v) is 8.29. The molecule has 2 amide bonds. The van der Waals surface area contributed by atoms with Crippen molar-refractivity contribution in [3.63, 3.8) is 0 Å². The van der Waals surface area contributed by atoms with Crippen molar-refractivity contribution >= 4 is 55.5 Å². The van der Waals surface area contributed by atoms with Crippen LogP contribution in [-0.2, 0) is 4.79 Å². The zero-order valence-corrected chi connectivity index (χ0v) is 17.3. The summed E-state index contributed by atoms with van der Waals surface area (Å²) >= 11 is 2.74. The normalized spacial score (nSPS) is 10.7. The minimum atomic E-state index is -0.236. The monoisotopic (exact) mass is 423 g/mol. The Morgan fingerprint density at radius 1 is 1.00 bits per heavy atom. The van der Waals surface area contributed by atoms with E-state index in [1.54, 1.807) is 13.2 Å². The van der Waals surface area contributed by atoms with E-state index in [4.69, 9.17) is 4.74 Å². The molecule has 8 heteroatoms. The molecular formula is C21H17N3O3S2. The zero-order valence-electron chi connectivity index (χ0n) is 15.7. The van der Waals surface area contributed by atoms with E-state index in [1.807, 2.05) is 48.5 Å². The number of fused-ring (bicyclic) bond motifs is 1. The number of ether oxygens (including phenoxy) is 1. The fourth-order valence-corrected chi connectivity index (χ4v) is 4.80. The zero-order chi connectivity index (χ0) is 20.4. The van der Waals surface area contributed by atoms with Gasteiger partial charge in [0.2, 0.25) is 5.91 Å². The first kappa shape index (κ1) is 19.1. The lowest BCUT2D eigenvalue weighted by Crippen LogP contribution is -2.11. The molecule has 0 fully saturated rings. The number of methoxy groups -OCH3 is 1. The summed E-state index contributed by atoms with van der Waals surface area (Å²) in [7, 11) is 1.56. The highest BCUT2D eigenvalue weighted by atomic mass is 32.1. The standard InChI is InChI=1S/C21H17N3O3S2/c1-12(25)22-21-24-15-9-8-14(10-18(15)29-21)23-20(26)19-16(27-2)11-17(28-19)13-6-4-3-5-7-13/h3-11H,1-2H3,(H,23,26)(H,22,24,25). The van der Waals surface area contributed by atoms with Crippen LogP contribution in [0.4, 0.5) is 10.8 Å². The highest BCUT2D eigenvalue weighted by molar-refractivity contribution is 7.22. The Labute approximate surface area is 175 Å². The van der Waals surface area contributed by atoms with E-state index in [9.17, 15) is 9.59 Å². The van der Waals surface area contributed by atoms with Crippen molar-refractivity contribution in [2.45, 2.75) is 6.92 Å². The third-order valence-electron chi connectivity index (χ3n) is 4.11. The molecule has 2 N–H and O–H groups in total. The summed E-state index contributed by atoms with van der Waals surface area (Å²) in [5.41, 5.74) is 2.44. The molecule has 2 aromatic carbocycles. The number of hydrogen-bond acceptors (Lipinski definition) is 6. The number of thiophene rings is 1. The summed E-state index contributed by atoms with van der Waals surface area (Å²) < 4.78 is 6.29. The van der Waals surface area contributed by atoms with Crippen LogP contribution in [0.15, 0.2) is 54.6 Å². The molecule has 0 radical (unpaired) electrons. The summed E-state index contributed by atoms with van der Waals surface area (Å²) in [6, 6.07) is 17.2. The van der Waals surface area contributed by atoms with Gasteiger partial charge in [0.25, 0.3) is 5.91 Å². The van der Waals surface area contributed by atoms with E-state index in [-0.39, 0.29) is 11.8 Å². The van der Waals surface area contributed by atoms with Crippen LogP contribution < -0.4 is 15.4 Å². The van der Waals surface area contributed by atoms with Crippen molar-refractivity contribution in [3.8, 4) is 16.2 Å². The number of amides is 2. The third kappa shape index (κ3) is 4.13. The van der Waals surface area contributed by atoms with Crippen molar-refractivity contribution in [2.75, 3.05) is 17.7 Å². The number of carbonyl (C=O) groups excluding carboxylic acids is 2. The summed E-state index contributed by atoms with van der Waals surface area (Å²) in [5.74, 6) is 0.134. The number of nitrogens with zero attached hydrogens (tertiary/aromatic N) is 1. The SMILES string of the molecule is COc1cc(-c2ccccc2)sc1C(=O)Nc1ccc2nc(NC(C)=O)sc2c1. The van der Waals surface area contributed by atoms with Crippen molar-refractivity contribution in [3.05, 3.63) is 59.5 Å². The van der Waals surface area contributed by atoms with Crippen LogP contribution in [0.3, 0.4) is 0 Å². The first-order valence-electron chi connectivity index (χ1n) is 8.76. The van der Waals surface area contributed by atoms with Crippen molar-refractivity contribution in [2.24, 2.45) is 0 Å². The highest BCUT2D eigenvalue weighted by Crippen LogP contribution is 2.37. The summed E-state index contributed by atoms with van der Waals surface area (Å²) in [6.07, 6.45) is 0. The number of aromatic nitrogens is 1. The van der Waals surface area contributed by atoms with Crippen LogP contribution in [0.25, 0.3) is 20.7 Å². The number of anilines is 2. The van der Waals surface area contributed by atoms with Gasteiger partial charge in [0, 0.05) is 17.5 Å². The Hall–Kier alpha value is -3.23. The molecule has 0 aliphatic carbocycles. The van der Waals surface area contributed by atoms with Crippen LogP contribution in [0.5, 0.6) is 5.75 Å². The Bertz CT molecular complexity index is 1200. The number of carbonyl (C=O) groups is 2. The van der Waals surface area contributed by atoms with Gasteiger partial charge in [-0.3, -0.25) is 9.59 Å². The summed E-state index contributed by atoms with van der Waals surface area (Å²) in [6.45, 7) is 1.44. The van der Waals surface area contributed by atoms with E-state index < -0.39 is 0 Å². The van der Waals surface area contributed by atoms with Gasteiger partial charge in [-0.05, 0) is 29.8 Å². The molecule has 29 heavy (non-hydrogen) atoms. The molecule has 2 heterocycles. The molecule has 0 atom stereocenters. The molecule has 2 aromatic heterocycles. The molecule has 0 spiro atoms. The summed E-state index contributed by atoms with van der Waals surface area (Å²) in [4.78, 5) is 29.9. The van der Waals surface area contributed by atoms with Crippen LogP contribution >= 0.6 is 22.7 Å². The number of rotatable bonds is 5. The molecular weight excluding hydrogens is 406 g/mol. The molecule has 0 bridgehead atoms. The molecule has 6 nitrogen and oxygen atoms in total. The molecule has 0 aliphatic heterocycles. The minimum absolute atomic E-state index is 0.170. The molecule has 0 saturated carbocycles. The van der Waals surface area contributed by atoms with Crippen molar-refractivity contribution < 1.29 is 14.3 Å². The highest BCUT2D eigenvalue weighted by Gasteiger charge is 2.18. The molecule has 4 aromatic rings. The second kappa shape index (κ2) is 8.02. The lowest BCUT2D eigenvalue weighted by atomic mass is 10.2. The van der Waals surface area contributed by atoms with Gasteiger partial charge in [0.1, 0.15) is 10.6 Å². The van der Waals surface area contributed by atoms with Gasteiger partial charge in [0.15, 0.2) is 5.13 Å². The van der Waals surface area contributed by atoms with Crippen molar-refractivity contribution in [1.82, 2.24) is 4.98 Å². The van der Waals surface area contributed by atoms with Crippen LogP contribution in [0, 0.1) is 0 Å². The average Bonchev–Trinajstić information content (AvgIpc) is 3.31. The van der Waals surface area contributed by atoms with Gasteiger partial charge in [0.05, 0.1) is 17.3 Å². The fourth-order valence-electron chi connectivity index (χ4n) is 2.82. The maximum absolute atomic E-state index is 12.9. The molecule has 0 unspecified atom stereocenters. The predicted molar refractivity (Wildman–Crippen MR) is 118 cm³/mol. The number of nitrogens with one attached hydrogen (secondary N) is 2. The smallest absolute Gasteiger partial charge is 0.269 e. The van der Waals surface area contributed by atoms with E-state index >= 15 is 0 Å². The molecule has 4 rings (SSSR count). The van der Waals surface area contributed by atoms with Crippen LogP contribution in [-0.4, -0.2) is 23.9 Å². The molecule has 0 aliphatic rings. The maximum Gasteiger partial charge on any atom is 0.269 e. The van der Waals surface area contributed by atoms with Crippen LogP contribution in [0.1, 0.15) is 16.6 Å². The quantitative estimate of drug-likeness (QED) is 0.460. The predicted octanol–water partition coefficient (Wildman–Crippen LogP) is 5.24. The first-order valence-corrected chi connectivity index (χ1v) is 10.4. The van der Waals surface area contributed by atoms with Gasteiger partial charge in [-0.15, -0.1) is 11.3 Å². The first-order chi connectivity index (χ1) is 14.0. The average molecular weight is 424 g/mol. The van der Waals surface area contributed by atoms with Crippen molar-refractivity contribution in [1.29, 1.82) is 0 Å². The minimum Gasteiger partial charge on any atom is -0.495 e. The second-order valence-electron chi connectivity index (χ2n) is 6.21. The molecule has 146 valence electrons. The van der Waals surface area contributed by atoms with Gasteiger partial charge >= 0.3 is 0 Å². The fraction of sp³-hybridized carbons (Fsp3) is 0.0952. The number of thiazole rings is 1. The number of benzene rings is 2. The summed E-state index contributed by atoms with van der Waals surface area (Å²) in [5, 5.41) is 6.13. The lowest BCUT2D eigenvalue weighted by molar-refractivity contribution is -0.114. The van der Waals surface area contributed by atoms with E-state index in [1.165, 1.54) is 29.6 Å². The maximum atomic E-state index is 12.9. The Balaban J connectivity index is 1.59. The van der Waals surface area contributed by atoms with Gasteiger partial charge in [-0.2, -0.15) is 0 Å². The van der Waals surface area contributed by atoms with E-state index in [0.717, 1.165) is 20.7 Å². The number of hydrogen-bond donors (Lipinski definition) is 2. The van der Waals surface area contributed by atoms with Gasteiger partial charge < -0.3 is 15.4 Å². The molecule has 0 saturated heterocycles. The van der Waals surface area contributed by atoms with Crippen LogP contribution in [0.2, 0.25) is 0 Å². The lowest BCUT2D eigenvalue weighted by Gasteiger charge is -2.05. The third-order valence-corrected chi connectivity index (χ3v) is 6.21. The Morgan fingerprint density at radius 3 is 2.52 bits per heavy atom. The largest absolute Gasteiger partial charge is 0.495 e.